The largest absolute Gasteiger partial charge is 0.461 e. The van der Waals surface area contributed by atoms with Gasteiger partial charge in [0.1, 0.15) is 6.10 Å². The van der Waals surface area contributed by atoms with E-state index in [1.54, 1.807) is 21.3 Å². The summed E-state index contributed by atoms with van der Waals surface area (Å²) in [5, 5.41) is 22.5. The van der Waals surface area contributed by atoms with E-state index < -0.39 is 35.6 Å². The van der Waals surface area contributed by atoms with Crippen LogP contribution >= 0.6 is 0 Å². The molecule has 8 heteroatoms. The Labute approximate surface area is 202 Å². The summed E-state index contributed by atoms with van der Waals surface area (Å²) in [5.41, 5.74) is 0.436. The fourth-order valence-corrected chi connectivity index (χ4v) is 7.13. The van der Waals surface area contributed by atoms with Gasteiger partial charge in [-0.1, -0.05) is 30.7 Å². The van der Waals surface area contributed by atoms with E-state index in [9.17, 15) is 15.0 Å². The number of aliphatic hydroxyl groups is 2. The molecule has 2 heterocycles. The molecule has 2 N–H and O–H groups in total. The lowest BCUT2D eigenvalue weighted by Gasteiger charge is -2.59. The van der Waals surface area contributed by atoms with Crippen molar-refractivity contribution < 1.29 is 38.7 Å². The van der Waals surface area contributed by atoms with Gasteiger partial charge in [0.25, 0.3) is 0 Å². The molecule has 1 saturated heterocycles. The van der Waals surface area contributed by atoms with Gasteiger partial charge in [-0.05, 0) is 13.3 Å². The molecule has 4 aliphatic rings. The standard InChI is InChI=1S/C26H40O8/c1-14-10-15(2)26-18(16(12-31-4)25(29)34-20(14)8-9-30-3)6-7-22(26)33-21-11-19(26)23(27)17(13-32-5)24(21)28/h6-7,10,14,16-24,27-28H,8-9,11-13H2,1-5H3/b15-10+/t14-,16-,17-,18-,19+,20-,21+,22-,23-,24-,26+/m1/s1. The number of aliphatic hydroxyl groups excluding tert-OH is 2. The first-order valence-corrected chi connectivity index (χ1v) is 12.4. The number of cyclic esters (lactones) is 1. The number of ether oxygens (including phenoxy) is 5. The van der Waals surface area contributed by atoms with Crippen molar-refractivity contribution in [2.75, 3.05) is 41.2 Å². The van der Waals surface area contributed by atoms with Gasteiger partial charge in [0.15, 0.2) is 0 Å². The second-order valence-corrected chi connectivity index (χ2v) is 10.4. The first-order valence-electron chi connectivity index (χ1n) is 12.4. The van der Waals surface area contributed by atoms with Crippen molar-refractivity contribution in [1.82, 2.24) is 0 Å². The first-order chi connectivity index (χ1) is 16.3. The lowest BCUT2D eigenvalue weighted by Crippen LogP contribution is -2.66. The van der Waals surface area contributed by atoms with Gasteiger partial charge in [-0.15, -0.1) is 0 Å². The zero-order valence-electron chi connectivity index (χ0n) is 20.9. The number of carbonyl (C=O) groups excluding carboxylic acids is 1. The van der Waals surface area contributed by atoms with E-state index in [-0.39, 0.29) is 49.1 Å². The number of fused-ring (bicyclic) bond motifs is 2. The molecule has 8 nitrogen and oxygen atoms in total. The Morgan fingerprint density at radius 2 is 1.82 bits per heavy atom. The number of rotatable bonds is 7. The zero-order valence-corrected chi connectivity index (χ0v) is 20.9. The molecule has 192 valence electrons. The van der Waals surface area contributed by atoms with Crippen molar-refractivity contribution in [2.45, 2.75) is 57.2 Å². The van der Waals surface area contributed by atoms with Gasteiger partial charge in [-0.3, -0.25) is 4.79 Å². The Balaban J connectivity index is 1.83. The smallest absolute Gasteiger partial charge is 0.312 e. The highest BCUT2D eigenvalue weighted by atomic mass is 16.6. The third kappa shape index (κ3) is 4.06. The van der Waals surface area contributed by atoms with E-state index in [4.69, 9.17) is 23.7 Å². The molecule has 2 aliphatic heterocycles. The average molecular weight is 481 g/mol. The van der Waals surface area contributed by atoms with Crippen LogP contribution in [-0.4, -0.2) is 87.9 Å². The van der Waals surface area contributed by atoms with Gasteiger partial charge in [-0.2, -0.15) is 0 Å². The van der Waals surface area contributed by atoms with Gasteiger partial charge in [0.05, 0.1) is 43.5 Å². The Hall–Kier alpha value is -1.29. The molecule has 0 aromatic heterocycles. The minimum Gasteiger partial charge on any atom is -0.461 e. The second-order valence-electron chi connectivity index (χ2n) is 10.4. The van der Waals surface area contributed by atoms with Crippen LogP contribution in [0.5, 0.6) is 0 Å². The van der Waals surface area contributed by atoms with Crippen molar-refractivity contribution in [2.24, 2.45) is 35.0 Å². The van der Waals surface area contributed by atoms with E-state index in [1.165, 1.54) is 0 Å². The molecule has 1 saturated carbocycles. The number of esters is 1. The van der Waals surface area contributed by atoms with Crippen LogP contribution in [-0.2, 0) is 28.5 Å². The number of hydrogen-bond acceptors (Lipinski definition) is 8. The minimum atomic E-state index is -0.811. The third-order valence-electron chi connectivity index (χ3n) is 8.71. The summed E-state index contributed by atoms with van der Waals surface area (Å²) in [6.45, 7) is 5.07. The Morgan fingerprint density at radius 1 is 1.09 bits per heavy atom. The number of allylic oxidation sites excluding steroid dienone is 1. The Kier molecular flexibility index (Phi) is 7.86. The predicted molar refractivity (Wildman–Crippen MR) is 124 cm³/mol. The van der Waals surface area contributed by atoms with Crippen molar-refractivity contribution in [1.29, 1.82) is 0 Å². The molecular formula is C26H40O8. The second kappa shape index (κ2) is 10.4. The quantitative estimate of drug-likeness (QED) is 0.420. The van der Waals surface area contributed by atoms with Crippen LogP contribution in [0.25, 0.3) is 0 Å². The number of hydrogen-bond donors (Lipinski definition) is 2. The Morgan fingerprint density at radius 3 is 2.50 bits per heavy atom. The summed E-state index contributed by atoms with van der Waals surface area (Å²) in [4.78, 5) is 13.6. The highest BCUT2D eigenvalue weighted by Gasteiger charge is 2.66. The topological polar surface area (TPSA) is 104 Å². The van der Waals surface area contributed by atoms with Gasteiger partial charge in [0, 0.05) is 63.4 Å². The van der Waals surface area contributed by atoms with E-state index in [2.05, 4.69) is 19.9 Å². The van der Waals surface area contributed by atoms with Crippen LogP contribution in [0, 0.1) is 35.0 Å². The lowest BCUT2D eigenvalue weighted by molar-refractivity contribution is -0.248. The summed E-state index contributed by atoms with van der Waals surface area (Å²) in [6.07, 6.45) is 4.64. The Bertz CT molecular complexity index is 796. The fourth-order valence-electron chi connectivity index (χ4n) is 7.13. The van der Waals surface area contributed by atoms with Gasteiger partial charge < -0.3 is 33.9 Å². The van der Waals surface area contributed by atoms with Crippen LogP contribution in [0.15, 0.2) is 23.8 Å². The van der Waals surface area contributed by atoms with Crippen LogP contribution in [0.4, 0.5) is 0 Å². The van der Waals surface area contributed by atoms with Crippen LogP contribution in [0.3, 0.4) is 0 Å². The molecule has 4 rings (SSSR count). The predicted octanol–water partition coefficient (Wildman–Crippen LogP) is 1.74. The molecule has 0 unspecified atom stereocenters. The summed E-state index contributed by atoms with van der Waals surface area (Å²) < 4.78 is 28.7. The maximum atomic E-state index is 13.6. The normalized spacial score (nSPS) is 47.5. The van der Waals surface area contributed by atoms with Gasteiger partial charge in [0.2, 0.25) is 0 Å². The molecule has 0 amide bonds. The number of carbonyl (C=O) groups is 1. The molecular weight excluding hydrogens is 440 g/mol. The SMILES string of the molecule is COCC[C@H]1OC(=O)[C@H](COC)[C@H]2C=C[C@H]3O[C@H]4C[C@@H]([C@H](O)[C@@H](COC)[C@H]4O)[C@]23/C(C)=C/[C@H]1C. The summed E-state index contributed by atoms with van der Waals surface area (Å²) in [7, 11) is 4.80. The fraction of sp³-hybridized carbons (Fsp3) is 0.808. The van der Waals surface area contributed by atoms with Crippen molar-refractivity contribution in [3.63, 3.8) is 0 Å². The van der Waals surface area contributed by atoms with Crippen LogP contribution < -0.4 is 0 Å². The van der Waals surface area contributed by atoms with E-state index in [0.717, 1.165) is 5.57 Å². The molecule has 2 bridgehead atoms. The molecule has 11 atom stereocenters. The minimum absolute atomic E-state index is 0.0458. The molecule has 1 spiro atoms. The third-order valence-corrected chi connectivity index (χ3v) is 8.71. The van der Waals surface area contributed by atoms with Crippen molar-refractivity contribution in [3.8, 4) is 0 Å². The maximum Gasteiger partial charge on any atom is 0.312 e. The molecule has 34 heavy (non-hydrogen) atoms. The first kappa shape index (κ1) is 25.8. The van der Waals surface area contributed by atoms with Crippen molar-refractivity contribution >= 4 is 5.97 Å². The molecule has 0 aromatic rings. The highest BCUT2D eigenvalue weighted by molar-refractivity contribution is 5.74. The van der Waals surface area contributed by atoms with Crippen molar-refractivity contribution in [3.05, 3.63) is 23.8 Å². The van der Waals surface area contributed by atoms with Crippen LogP contribution in [0.1, 0.15) is 26.7 Å². The van der Waals surface area contributed by atoms with E-state index >= 15 is 0 Å². The molecule has 0 radical (unpaired) electrons. The maximum absolute atomic E-state index is 13.6. The lowest BCUT2D eigenvalue weighted by atomic mass is 9.51. The van der Waals surface area contributed by atoms with Crippen LogP contribution in [0.2, 0.25) is 0 Å². The molecule has 0 aromatic carbocycles. The summed E-state index contributed by atoms with van der Waals surface area (Å²) in [5.74, 6) is -1.85. The van der Waals surface area contributed by atoms with Gasteiger partial charge >= 0.3 is 5.97 Å². The monoisotopic (exact) mass is 480 g/mol. The number of methoxy groups -OCH3 is 3. The van der Waals surface area contributed by atoms with Gasteiger partial charge in [-0.25, -0.2) is 0 Å². The summed E-state index contributed by atoms with van der Waals surface area (Å²) in [6, 6.07) is 0. The average Bonchev–Trinajstić information content (AvgIpc) is 3.21. The molecule has 2 fully saturated rings. The van der Waals surface area contributed by atoms with E-state index in [0.29, 0.717) is 19.4 Å². The van der Waals surface area contributed by atoms with E-state index in [1.807, 2.05) is 12.2 Å². The zero-order chi connectivity index (χ0) is 24.6. The molecule has 2 aliphatic carbocycles. The summed E-state index contributed by atoms with van der Waals surface area (Å²) >= 11 is 0. The highest BCUT2D eigenvalue weighted by Crippen LogP contribution is 2.62.